The van der Waals surface area contributed by atoms with E-state index < -0.39 is 0 Å². The van der Waals surface area contributed by atoms with Crippen molar-refractivity contribution < 1.29 is 0 Å². The number of benzene rings is 1. The highest BCUT2D eigenvalue weighted by Gasteiger charge is 2.19. The van der Waals surface area contributed by atoms with Gasteiger partial charge in [0.1, 0.15) is 5.65 Å². The first-order chi connectivity index (χ1) is 11.0. The molecule has 1 aromatic carbocycles. The van der Waals surface area contributed by atoms with E-state index in [0.29, 0.717) is 11.8 Å². The van der Waals surface area contributed by atoms with E-state index in [4.69, 9.17) is 0 Å². The Kier molecular flexibility index (Phi) is 4.37. The number of hydrogen-bond acceptors (Lipinski definition) is 2. The third-order valence-electron chi connectivity index (χ3n) is 4.28. The summed E-state index contributed by atoms with van der Waals surface area (Å²) in [5.74, 6) is 0.992. The molecule has 0 bridgehead atoms. The summed E-state index contributed by atoms with van der Waals surface area (Å²) in [7, 11) is 4.17. The van der Waals surface area contributed by atoms with Crippen LogP contribution in [0.4, 0.5) is 5.69 Å². The maximum atomic E-state index is 4.44. The summed E-state index contributed by atoms with van der Waals surface area (Å²) in [6, 6.07) is 15.2. The van der Waals surface area contributed by atoms with Crippen molar-refractivity contribution in [1.29, 1.82) is 0 Å². The van der Waals surface area contributed by atoms with E-state index in [2.05, 4.69) is 79.2 Å². The Bertz CT molecular complexity index is 753. The van der Waals surface area contributed by atoms with Gasteiger partial charge in [-0.1, -0.05) is 26.0 Å². The maximum Gasteiger partial charge on any atom is 0.137 e. The monoisotopic (exact) mass is 307 g/mol. The van der Waals surface area contributed by atoms with Crippen LogP contribution in [-0.4, -0.2) is 24.1 Å². The molecule has 0 amide bonds. The van der Waals surface area contributed by atoms with Gasteiger partial charge in [-0.25, -0.2) is 4.98 Å². The highest BCUT2D eigenvalue weighted by Crippen LogP contribution is 2.33. The van der Waals surface area contributed by atoms with E-state index in [1.54, 1.807) is 0 Å². The van der Waals surface area contributed by atoms with E-state index in [1.165, 1.54) is 22.3 Å². The third kappa shape index (κ3) is 3.39. The van der Waals surface area contributed by atoms with Gasteiger partial charge in [-0.2, -0.15) is 0 Å². The molecule has 0 saturated carbocycles. The molecular formula is C20H25N3. The number of pyridine rings is 1. The minimum absolute atomic E-state index is 0.365. The van der Waals surface area contributed by atoms with E-state index in [-0.39, 0.29) is 0 Å². The topological polar surface area (TPSA) is 31.9 Å². The smallest absolute Gasteiger partial charge is 0.137 e. The second-order valence-electron chi connectivity index (χ2n) is 6.84. The molecule has 1 N–H and O–H groups in total. The van der Waals surface area contributed by atoms with Crippen molar-refractivity contribution in [2.75, 3.05) is 19.0 Å². The number of fused-ring (bicyclic) bond motifs is 1. The Morgan fingerprint density at radius 1 is 1.09 bits per heavy atom. The van der Waals surface area contributed by atoms with Gasteiger partial charge in [0.05, 0.1) is 0 Å². The number of hydrogen-bond donors (Lipinski definition) is 1. The van der Waals surface area contributed by atoms with Crippen LogP contribution in [0.2, 0.25) is 0 Å². The minimum Gasteiger partial charge on any atom is -0.378 e. The predicted molar refractivity (Wildman–Crippen MR) is 98.2 cm³/mol. The summed E-state index contributed by atoms with van der Waals surface area (Å²) in [6.07, 6.45) is 2.95. The Labute approximate surface area is 138 Å². The fourth-order valence-electron chi connectivity index (χ4n) is 3.10. The lowest BCUT2D eigenvalue weighted by Crippen LogP contribution is -2.10. The fourth-order valence-corrected chi connectivity index (χ4v) is 3.10. The molecule has 0 spiro atoms. The highest BCUT2D eigenvalue weighted by atomic mass is 15.1. The molecule has 3 aromatic rings. The predicted octanol–water partition coefficient (Wildman–Crippen LogP) is 4.81. The molecule has 3 heteroatoms. The van der Waals surface area contributed by atoms with Crippen LogP contribution in [0.15, 0.2) is 48.7 Å². The summed E-state index contributed by atoms with van der Waals surface area (Å²) >= 11 is 0. The largest absolute Gasteiger partial charge is 0.378 e. The molecule has 3 nitrogen and oxygen atoms in total. The molecule has 0 fully saturated rings. The summed E-state index contributed by atoms with van der Waals surface area (Å²) < 4.78 is 0. The third-order valence-corrected chi connectivity index (χ3v) is 4.28. The van der Waals surface area contributed by atoms with Gasteiger partial charge in [-0.3, -0.25) is 0 Å². The zero-order valence-corrected chi connectivity index (χ0v) is 14.4. The minimum atomic E-state index is 0.365. The van der Waals surface area contributed by atoms with E-state index in [0.717, 1.165) is 12.1 Å². The molecule has 0 aliphatic rings. The Morgan fingerprint density at radius 3 is 2.61 bits per heavy atom. The fraction of sp³-hybridized carbons (Fsp3) is 0.350. The summed E-state index contributed by atoms with van der Waals surface area (Å²) in [5, 5.41) is 1.18. The van der Waals surface area contributed by atoms with Gasteiger partial charge in [0.15, 0.2) is 0 Å². The maximum absolute atomic E-state index is 4.44. The van der Waals surface area contributed by atoms with Gasteiger partial charge in [0.25, 0.3) is 0 Å². The van der Waals surface area contributed by atoms with E-state index in [9.17, 15) is 0 Å². The first-order valence-electron chi connectivity index (χ1n) is 8.25. The first-order valence-corrected chi connectivity index (χ1v) is 8.25. The number of aromatic amines is 1. The standard InChI is InChI=1S/C20H25N3/c1-14(2)11-18(15-7-5-9-17(12-15)23(3)4)19-13-16-8-6-10-21-20(16)22-19/h5-10,12-14,18H,11H2,1-4H3,(H,21,22). The highest BCUT2D eigenvalue weighted by molar-refractivity contribution is 5.76. The Morgan fingerprint density at radius 2 is 1.91 bits per heavy atom. The Balaban J connectivity index is 2.05. The number of nitrogens with one attached hydrogen (secondary N) is 1. The van der Waals surface area contributed by atoms with Crippen molar-refractivity contribution in [1.82, 2.24) is 9.97 Å². The van der Waals surface area contributed by atoms with Crippen LogP contribution in [0.25, 0.3) is 11.0 Å². The van der Waals surface area contributed by atoms with Crippen LogP contribution in [-0.2, 0) is 0 Å². The average molecular weight is 307 g/mol. The zero-order valence-electron chi connectivity index (χ0n) is 14.4. The van der Waals surface area contributed by atoms with Gasteiger partial charge in [-0.15, -0.1) is 0 Å². The molecule has 120 valence electrons. The average Bonchev–Trinajstić information content (AvgIpc) is 2.96. The zero-order chi connectivity index (χ0) is 16.4. The Hall–Kier alpha value is -2.29. The second kappa shape index (κ2) is 6.45. The SMILES string of the molecule is CC(C)CC(c1cccc(N(C)C)c1)c1cc2cccnc2[nH]1. The lowest BCUT2D eigenvalue weighted by atomic mass is 9.87. The van der Waals surface area contributed by atoms with E-state index >= 15 is 0 Å². The van der Waals surface area contributed by atoms with Crippen molar-refractivity contribution in [2.24, 2.45) is 5.92 Å². The number of nitrogens with zero attached hydrogens (tertiary/aromatic N) is 2. The lowest BCUT2D eigenvalue weighted by Gasteiger charge is -2.21. The molecule has 0 aliphatic heterocycles. The number of H-pyrrole nitrogens is 1. The number of anilines is 1. The number of aromatic nitrogens is 2. The molecule has 3 rings (SSSR count). The van der Waals surface area contributed by atoms with Gasteiger partial charge in [0, 0.05) is 43.0 Å². The summed E-state index contributed by atoms with van der Waals surface area (Å²) in [6.45, 7) is 4.56. The van der Waals surface area contributed by atoms with Gasteiger partial charge in [0.2, 0.25) is 0 Å². The molecule has 1 unspecified atom stereocenters. The van der Waals surface area contributed by atoms with Crippen LogP contribution < -0.4 is 4.90 Å². The van der Waals surface area contributed by atoms with Gasteiger partial charge < -0.3 is 9.88 Å². The van der Waals surface area contributed by atoms with Crippen LogP contribution in [0.5, 0.6) is 0 Å². The van der Waals surface area contributed by atoms with Gasteiger partial charge >= 0.3 is 0 Å². The molecule has 0 saturated heterocycles. The molecule has 23 heavy (non-hydrogen) atoms. The molecule has 2 aromatic heterocycles. The van der Waals surface area contributed by atoms with Crippen molar-refractivity contribution in [3.05, 3.63) is 59.9 Å². The normalized spacial score (nSPS) is 12.7. The molecule has 0 aliphatic carbocycles. The van der Waals surface area contributed by atoms with Crippen LogP contribution in [0.1, 0.15) is 37.4 Å². The first kappa shape index (κ1) is 15.6. The van der Waals surface area contributed by atoms with Crippen molar-refractivity contribution >= 4 is 16.7 Å². The van der Waals surface area contributed by atoms with Gasteiger partial charge in [-0.05, 0) is 48.2 Å². The van der Waals surface area contributed by atoms with Crippen molar-refractivity contribution in [2.45, 2.75) is 26.2 Å². The number of rotatable bonds is 5. The quantitative estimate of drug-likeness (QED) is 0.733. The molecule has 2 heterocycles. The second-order valence-corrected chi connectivity index (χ2v) is 6.84. The molecule has 1 atom stereocenters. The van der Waals surface area contributed by atoms with Crippen molar-refractivity contribution in [3.8, 4) is 0 Å². The van der Waals surface area contributed by atoms with Crippen LogP contribution in [0, 0.1) is 5.92 Å². The van der Waals surface area contributed by atoms with E-state index in [1.807, 2.05) is 12.3 Å². The molecule has 0 radical (unpaired) electrons. The molecular weight excluding hydrogens is 282 g/mol. The van der Waals surface area contributed by atoms with Crippen LogP contribution >= 0.6 is 0 Å². The lowest BCUT2D eigenvalue weighted by molar-refractivity contribution is 0.536. The summed E-state index contributed by atoms with van der Waals surface area (Å²) in [4.78, 5) is 10.1. The van der Waals surface area contributed by atoms with Crippen LogP contribution in [0.3, 0.4) is 0 Å². The van der Waals surface area contributed by atoms with Crippen molar-refractivity contribution in [3.63, 3.8) is 0 Å². The summed E-state index contributed by atoms with van der Waals surface area (Å²) in [5.41, 5.74) is 4.82.